The van der Waals surface area contributed by atoms with Gasteiger partial charge in [0.2, 0.25) is 0 Å². The van der Waals surface area contributed by atoms with Gasteiger partial charge in [-0.1, -0.05) is 176 Å². The van der Waals surface area contributed by atoms with Gasteiger partial charge >= 0.3 is 0 Å². The molecule has 0 spiro atoms. The molecule has 1 nitrogen and oxygen atoms in total. The first kappa shape index (κ1) is 33.2. The van der Waals surface area contributed by atoms with E-state index < -0.39 is 0 Å². The standard InChI is InChI=1S/C52H47N/c1-50(2,3)36-27-23-34(24-28-36)39-15-10-13-22-48(39)53(38-31-32-43-41-16-8-11-20-45(41)51(4,5)47(43)33-38)37-29-25-35(26-30-37)40-18-14-19-44-42-17-9-12-21-46(42)52(6,7)49(40)44/h8-33H,1-7H3. The van der Waals surface area contributed by atoms with E-state index in [4.69, 9.17) is 0 Å². The molecule has 0 saturated carbocycles. The Bertz CT molecular complexity index is 2520. The van der Waals surface area contributed by atoms with Crippen LogP contribution in [0, 0.1) is 0 Å². The Kier molecular flexibility index (Phi) is 7.48. The van der Waals surface area contributed by atoms with Crippen molar-refractivity contribution in [1.29, 1.82) is 0 Å². The zero-order valence-corrected chi connectivity index (χ0v) is 32.0. The Hall–Kier alpha value is -5.66. The fraction of sp³-hybridized carbons (Fsp3) is 0.192. The van der Waals surface area contributed by atoms with E-state index in [-0.39, 0.29) is 16.2 Å². The molecule has 53 heavy (non-hydrogen) atoms. The second kappa shape index (κ2) is 11.9. The molecule has 0 radical (unpaired) electrons. The number of fused-ring (bicyclic) bond motifs is 6. The monoisotopic (exact) mass is 685 g/mol. The number of benzene rings is 7. The van der Waals surface area contributed by atoms with Gasteiger partial charge in [-0.05, 0) is 103 Å². The van der Waals surface area contributed by atoms with Gasteiger partial charge in [0.25, 0.3) is 0 Å². The van der Waals surface area contributed by atoms with E-state index in [0.717, 1.165) is 17.1 Å². The summed E-state index contributed by atoms with van der Waals surface area (Å²) < 4.78 is 0. The summed E-state index contributed by atoms with van der Waals surface area (Å²) in [5.74, 6) is 0. The number of hydrogen-bond acceptors (Lipinski definition) is 1. The lowest BCUT2D eigenvalue weighted by Gasteiger charge is -2.30. The van der Waals surface area contributed by atoms with Crippen LogP contribution in [0.4, 0.5) is 17.1 Å². The Morgan fingerprint density at radius 2 is 0.887 bits per heavy atom. The van der Waals surface area contributed by atoms with Gasteiger partial charge in [-0.2, -0.15) is 0 Å². The highest BCUT2D eigenvalue weighted by molar-refractivity contribution is 5.92. The van der Waals surface area contributed by atoms with Crippen molar-refractivity contribution in [3.63, 3.8) is 0 Å². The molecule has 0 aliphatic heterocycles. The lowest BCUT2D eigenvalue weighted by molar-refractivity contribution is 0.590. The minimum atomic E-state index is -0.0994. The maximum absolute atomic E-state index is 2.46. The molecule has 0 amide bonds. The highest BCUT2D eigenvalue weighted by atomic mass is 15.1. The van der Waals surface area contributed by atoms with E-state index in [1.54, 1.807) is 0 Å². The van der Waals surface area contributed by atoms with E-state index >= 15 is 0 Å². The molecule has 7 aromatic rings. The minimum absolute atomic E-state index is 0.0799. The summed E-state index contributed by atoms with van der Waals surface area (Å²) in [6, 6.07) is 59.0. The van der Waals surface area contributed by atoms with E-state index in [1.807, 2.05) is 0 Å². The van der Waals surface area contributed by atoms with Gasteiger partial charge in [0.1, 0.15) is 0 Å². The van der Waals surface area contributed by atoms with Crippen molar-refractivity contribution in [1.82, 2.24) is 0 Å². The van der Waals surface area contributed by atoms with Gasteiger partial charge in [0.05, 0.1) is 5.69 Å². The van der Waals surface area contributed by atoms with Crippen molar-refractivity contribution in [3.8, 4) is 44.5 Å². The van der Waals surface area contributed by atoms with Gasteiger partial charge in [-0.25, -0.2) is 0 Å². The summed E-state index contributed by atoms with van der Waals surface area (Å²) in [6.07, 6.45) is 0. The fourth-order valence-corrected chi connectivity index (χ4v) is 9.20. The first-order valence-electron chi connectivity index (χ1n) is 19.0. The van der Waals surface area contributed by atoms with E-state index in [1.165, 1.54) is 72.3 Å². The van der Waals surface area contributed by atoms with Gasteiger partial charge in [-0.15, -0.1) is 0 Å². The average Bonchev–Trinajstić information content (AvgIpc) is 3.55. The lowest BCUT2D eigenvalue weighted by Crippen LogP contribution is -2.17. The van der Waals surface area contributed by atoms with E-state index in [0.29, 0.717) is 0 Å². The SMILES string of the molecule is CC(C)(C)c1ccc(-c2ccccc2N(c2ccc(-c3cccc4c3C(C)(C)c3ccccc3-4)cc2)c2ccc3c(c2)C(C)(C)c2ccccc2-3)cc1. The van der Waals surface area contributed by atoms with Crippen LogP contribution >= 0.6 is 0 Å². The Morgan fingerprint density at radius 3 is 1.57 bits per heavy atom. The molecule has 260 valence electrons. The lowest BCUT2D eigenvalue weighted by atomic mass is 9.79. The molecule has 7 aromatic carbocycles. The molecule has 0 N–H and O–H groups in total. The molecule has 0 saturated heterocycles. The average molecular weight is 686 g/mol. The Morgan fingerprint density at radius 1 is 0.396 bits per heavy atom. The number of hydrogen-bond donors (Lipinski definition) is 0. The minimum Gasteiger partial charge on any atom is -0.310 e. The van der Waals surface area contributed by atoms with Crippen molar-refractivity contribution >= 4 is 17.1 Å². The van der Waals surface area contributed by atoms with Gasteiger partial charge < -0.3 is 4.90 Å². The van der Waals surface area contributed by atoms with Crippen LogP contribution in [-0.2, 0) is 16.2 Å². The molecule has 0 fully saturated rings. The van der Waals surface area contributed by atoms with Gasteiger partial charge in [0, 0.05) is 27.8 Å². The third-order valence-corrected chi connectivity index (χ3v) is 12.0. The number of nitrogens with zero attached hydrogens (tertiary/aromatic N) is 1. The van der Waals surface area contributed by atoms with Crippen LogP contribution in [0.25, 0.3) is 44.5 Å². The number of anilines is 3. The third kappa shape index (κ3) is 5.20. The maximum Gasteiger partial charge on any atom is 0.0540 e. The predicted molar refractivity (Wildman–Crippen MR) is 226 cm³/mol. The first-order valence-corrected chi connectivity index (χ1v) is 19.0. The van der Waals surface area contributed by atoms with Crippen LogP contribution in [-0.4, -0.2) is 0 Å². The molecule has 9 rings (SSSR count). The Labute approximate surface area is 315 Å². The highest BCUT2D eigenvalue weighted by Crippen LogP contribution is 2.53. The maximum atomic E-state index is 2.46. The number of rotatable bonds is 5. The molecule has 0 bridgehead atoms. The zero-order chi connectivity index (χ0) is 36.7. The molecular formula is C52H47N. The summed E-state index contributed by atoms with van der Waals surface area (Å²) in [6.45, 7) is 16.3. The first-order chi connectivity index (χ1) is 25.4. The van der Waals surface area contributed by atoms with Crippen molar-refractivity contribution in [3.05, 3.63) is 186 Å². The quantitative estimate of drug-likeness (QED) is 0.174. The van der Waals surface area contributed by atoms with Crippen LogP contribution in [0.1, 0.15) is 76.3 Å². The molecule has 0 atom stereocenters. The second-order valence-electron chi connectivity index (χ2n) is 17.0. The molecule has 1 heteroatoms. The highest BCUT2D eigenvalue weighted by Gasteiger charge is 2.38. The van der Waals surface area contributed by atoms with Crippen LogP contribution in [0.3, 0.4) is 0 Å². The third-order valence-electron chi connectivity index (χ3n) is 12.0. The summed E-state index contributed by atoms with van der Waals surface area (Å²) >= 11 is 0. The number of para-hydroxylation sites is 1. The van der Waals surface area contributed by atoms with Crippen LogP contribution in [0.5, 0.6) is 0 Å². The Balaban J connectivity index is 1.20. The van der Waals surface area contributed by atoms with E-state index in [2.05, 4.69) is 211 Å². The molecule has 2 aliphatic carbocycles. The molecule has 0 unspecified atom stereocenters. The topological polar surface area (TPSA) is 3.24 Å². The van der Waals surface area contributed by atoms with Gasteiger partial charge in [-0.3, -0.25) is 0 Å². The van der Waals surface area contributed by atoms with Crippen molar-refractivity contribution in [2.24, 2.45) is 0 Å². The smallest absolute Gasteiger partial charge is 0.0540 e. The van der Waals surface area contributed by atoms with Crippen LogP contribution < -0.4 is 4.90 Å². The second-order valence-corrected chi connectivity index (χ2v) is 17.0. The molecule has 0 heterocycles. The molecule has 2 aliphatic rings. The zero-order valence-electron chi connectivity index (χ0n) is 32.0. The summed E-state index contributed by atoms with van der Waals surface area (Å²) in [4.78, 5) is 2.46. The van der Waals surface area contributed by atoms with Gasteiger partial charge in [0.15, 0.2) is 0 Å². The fourth-order valence-electron chi connectivity index (χ4n) is 9.20. The van der Waals surface area contributed by atoms with Crippen molar-refractivity contribution in [2.75, 3.05) is 4.90 Å². The normalized spacial score (nSPS) is 14.6. The molecule has 0 aromatic heterocycles. The van der Waals surface area contributed by atoms with Crippen LogP contribution in [0.2, 0.25) is 0 Å². The van der Waals surface area contributed by atoms with Crippen LogP contribution in [0.15, 0.2) is 158 Å². The molecular weight excluding hydrogens is 639 g/mol. The summed E-state index contributed by atoms with van der Waals surface area (Å²) in [5.41, 5.74) is 20.6. The summed E-state index contributed by atoms with van der Waals surface area (Å²) in [5, 5.41) is 0. The van der Waals surface area contributed by atoms with E-state index in [9.17, 15) is 0 Å². The van der Waals surface area contributed by atoms with Crippen molar-refractivity contribution in [2.45, 2.75) is 64.7 Å². The largest absolute Gasteiger partial charge is 0.310 e. The van der Waals surface area contributed by atoms with Crippen molar-refractivity contribution < 1.29 is 0 Å². The summed E-state index contributed by atoms with van der Waals surface area (Å²) in [7, 11) is 0. The predicted octanol–water partition coefficient (Wildman–Crippen LogP) is 14.4.